The lowest BCUT2D eigenvalue weighted by atomic mass is 10.0. The van der Waals surface area contributed by atoms with Crippen LogP contribution in [0.3, 0.4) is 0 Å². The van der Waals surface area contributed by atoms with E-state index in [-0.39, 0.29) is 18.6 Å². The zero-order chi connectivity index (χ0) is 14.5. The minimum Gasteiger partial charge on any atom is -0.493 e. The first-order chi connectivity index (χ1) is 9.54. The molecule has 0 saturated heterocycles. The van der Waals surface area contributed by atoms with Crippen LogP contribution in [0.15, 0.2) is 18.2 Å². The minimum absolute atomic E-state index is 0.0153. The molecule has 0 spiro atoms. The van der Waals surface area contributed by atoms with Crippen molar-refractivity contribution in [1.29, 1.82) is 0 Å². The van der Waals surface area contributed by atoms with Gasteiger partial charge in [-0.15, -0.1) is 0 Å². The van der Waals surface area contributed by atoms with Crippen molar-refractivity contribution in [3.05, 3.63) is 29.3 Å². The highest BCUT2D eigenvalue weighted by Crippen LogP contribution is 2.26. The van der Waals surface area contributed by atoms with Crippen molar-refractivity contribution in [2.45, 2.75) is 32.7 Å². The zero-order valence-electron chi connectivity index (χ0n) is 11.8. The van der Waals surface area contributed by atoms with Crippen molar-refractivity contribution in [3.63, 3.8) is 0 Å². The molecular formula is C15H19NO4. The number of nitrogens with one attached hydrogen (secondary N) is 1. The molecule has 0 aromatic heterocycles. The van der Waals surface area contributed by atoms with Crippen LogP contribution in [0.5, 0.6) is 5.75 Å². The fourth-order valence-electron chi connectivity index (χ4n) is 2.26. The van der Waals surface area contributed by atoms with Gasteiger partial charge in [-0.1, -0.05) is 12.1 Å². The third-order valence-electron chi connectivity index (χ3n) is 3.11. The summed E-state index contributed by atoms with van der Waals surface area (Å²) in [5.74, 6) is 0.226. The van der Waals surface area contributed by atoms with E-state index in [2.05, 4.69) is 16.1 Å². The van der Waals surface area contributed by atoms with Crippen molar-refractivity contribution in [1.82, 2.24) is 5.32 Å². The van der Waals surface area contributed by atoms with Gasteiger partial charge in [-0.2, -0.15) is 0 Å². The Morgan fingerprint density at radius 3 is 3.00 bits per heavy atom. The molecule has 1 amide bonds. The van der Waals surface area contributed by atoms with Crippen LogP contribution < -0.4 is 10.1 Å². The number of ether oxygens (including phenoxy) is 2. The van der Waals surface area contributed by atoms with Gasteiger partial charge in [0.1, 0.15) is 5.75 Å². The molecule has 0 saturated carbocycles. The fourth-order valence-corrected chi connectivity index (χ4v) is 2.26. The number of benzene rings is 1. The lowest BCUT2D eigenvalue weighted by Crippen LogP contribution is -2.36. The Morgan fingerprint density at radius 2 is 2.25 bits per heavy atom. The largest absolute Gasteiger partial charge is 0.493 e. The average Bonchev–Trinajstić information content (AvgIpc) is 2.83. The first kappa shape index (κ1) is 14.4. The van der Waals surface area contributed by atoms with Gasteiger partial charge >= 0.3 is 5.97 Å². The van der Waals surface area contributed by atoms with Gasteiger partial charge in [-0.25, -0.2) is 0 Å². The van der Waals surface area contributed by atoms with Crippen molar-refractivity contribution in [2.75, 3.05) is 13.2 Å². The van der Waals surface area contributed by atoms with Gasteiger partial charge in [-0.3, -0.25) is 9.59 Å². The maximum absolute atomic E-state index is 11.5. The number of fused-ring (bicyclic) bond motifs is 1. The summed E-state index contributed by atoms with van der Waals surface area (Å²) < 4.78 is 10.1. The van der Waals surface area contributed by atoms with Crippen LogP contribution in [-0.2, 0) is 27.2 Å². The van der Waals surface area contributed by atoms with E-state index in [1.54, 1.807) is 0 Å². The average molecular weight is 277 g/mol. The number of hydrogen-bond donors (Lipinski definition) is 1. The third kappa shape index (κ3) is 3.98. The molecule has 0 fully saturated rings. The van der Waals surface area contributed by atoms with E-state index in [9.17, 15) is 9.59 Å². The Morgan fingerprint density at radius 1 is 1.45 bits per heavy atom. The molecule has 1 aliphatic rings. The number of carbonyl (C=O) groups is 2. The summed E-state index contributed by atoms with van der Waals surface area (Å²) in [4.78, 5) is 22.1. The summed E-state index contributed by atoms with van der Waals surface area (Å²) >= 11 is 0. The molecule has 20 heavy (non-hydrogen) atoms. The first-order valence-electron chi connectivity index (χ1n) is 6.72. The summed E-state index contributed by atoms with van der Waals surface area (Å²) in [6, 6.07) is 6.10. The summed E-state index contributed by atoms with van der Waals surface area (Å²) in [5.41, 5.74) is 2.38. The van der Waals surface area contributed by atoms with Crippen LogP contribution in [0.4, 0.5) is 0 Å². The molecule has 1 unspecified atom stereocenters. The van der Waals surface area contributed by atoms with E-state index in [4.69, 9.17) is 4.74 Å². The van der Waals surface area contributed by atoms with E-state index >= 15 is 0 Å². The summed E-state index contributed by atoms with van der Waals surface area (Å²) in [6.45, 7) is 3.73. The van der Waals surface area contributed by atoms with Gasteiger partial charge in [0.15, 0.2) is 6.61 Å². The van der Waals surface area contributed by atoms with E-state index in [0.717, 1.165) is 30.8 Å². The van der Waals surface area contributed by atoms with E-state index in [0.29, 0.717) is 0 Å². The Balaban J connectivity index is 1.83. The standard InChI is InChI=1S/C15H19NO4/c1-10(16-15(18)9-20-11(2)17)7-12-3-4-14-13(8-12)5-6-19-14/h3-4,8,10H,5-7,9H2,1-2H3,(H,16,18). The van der Waals surface area contributed by atoms with Crippen molar-refractivity contribution >= 4 is 11.9 Å². The SMILES string of the molecule is CC(=O)OCC(=O)NC(C)Cc1ccc2c(c1)CCO2. The maximum atomic E-state index is 11.5. The second-order valence-electron chi connectivity index (χ2n) is 4.99. The maximum Gasteiger partial charge on any atom is 0.303 e. The molecule has 1 aromatic carbocycles. The van der Waals surface area contributed by atoms with Crippen molar-refractivity contribution < 1.29 is 19.1 Å². The molecule has 0 radical (unpaired) electrons. The Labute approximate surface area is 118 Å². The van der Waals surface area contributed by atoms with Gasteiger partial charge in [0.05, 0.1) is 6.61 Å². The molecule has 1 N–H and O–H groups in total. The number of esters is 1. The molecule has 1 heterocycles. The monoisotopic (exact) mass is 277 g/mol. The molecule has 5 heteroatoms. The topological polar surface area (TPSA) is 64.6 Å². The predicted octanol–water partition coefficient (Wildman–Crippen LogP) is 1.23. The van der Waals surface area contributed by atoms with Gasteiger partial charge in [-0.05, 0) is 30.5 Å². The molecule has 1 aliphatic heterocycles. The summed E-state index contributed by atoms with van der Waals surface area (Å²) in [6.07, 6.45) is 1.68. The molecule has 108 valence electrons. The van der Waals surface area contributed by atoms with Crippen LogP contribution in [0.1, 0.15) is 25.0 Å². The zero-order valence-corrected chi connectivity index (χ0v) is 11.8. The van der Waals surface area contributed by atoms with Crippen molar-refractivity contribution in [2.24, 2.45) is 0 Å². The number of hydrogen-bond acceptors (Lipinski definition) is 4. The predicted molar refractivity (Wildman–Crippen MR) is 73.6 cm³/mol. The second-order valence-corrected chi connectivity index (χ2v) is 4.99. The highest BCUT2D eigenvalue weighted by atomic mass is 16.5. The van der Waals surface area contributed by atoms with Crippen LogP contribution in [0, 0.1) is 0 Å². The van der Waals surface area contributed by atoms with Gasteiger partial charge in [0, 0.05) is 19.4 Å². The number of amides is 1. The molecule has 0 aliphatic carbocycles. The Bertz CT molecular complexity index is 513. The fraction of sp³-hybridized carbons (Fsp3) is 0.467. The minimum atomic E-state index is -0.452. The molecule has 1 atom stereocenters. The van der Waals surface area contributed by atoms with Gasteiger partial charge in [0.25, 0.3) is 5.91 Å². The molecule has 2 rings (SSSR count). The van der Waals surface area contributed by atoms with Crippen molar-refractivity contribution in [3.8, 4) is 5.75 Å². The van der Waals surface area contributed by atoms with E-state index in [1.807, 2.05) is 19.1 Å². The van der Waals surface area contributed by atoms with Crippen LogP contribution in [0.25, 0.3) is 0 Å². The number of carbonyl (C=O) groups excluding carboxylic acids is 2. The molecular weight excluding hydrogens is 258 g/mol. The van der Waals surface area contributed by atoms with Gasteiger partial charge < -0.3 is 14.8 Å². The summed E-state index contributed by atoms with van der Waals surface area (Å²) in [7, 11) is 0. The highest BCUT2D eigenvalue weighted by Gasteiger charge is 2.14. The lowest BCUT2D eigenvalue weighted by Gasteiger charge is -2.14. The quantitative estimate of drug-likeness (QED) is 0.822. The number of rotatable bonds is 5. The van der Waals surface area contributed by atoms with Crippen LogP contribution >= 0.6 is 0 Å². The van der Waals surface area contributed by atoms with Crippen LogP contribution in [-0.4, -0.2) is 31.1 Å². The van der Waals surface area contributed by atoms with E-state index in [1.165, 1.54) is 12.5 Å². The smallest absolute Gasteiger partial charge is 0.303 e. The normalized spacial score (nSPS) is 14.1. The van der Waals surface area contributed by atoms with E-state index < -0.39 is 5.97 Å². The molecule has 5 nitrogen and oxygen atoms in total. The third-order valence-corrected chi connectivity index (χ3v) is 3.11. The lowest BCUT2D eigenvalue weighted by molar-refractivity contribution is -0.146. The second kappa shape index (κ2) is 6.41. The highest BCUT2D eigenvalue weighted by molar-refractivity contribution is 5.80. The van der Waals surface area contributed by atoms with Crippen LogP contribution in [0.2, 0.25) is 0 Å². The molecule has 0 bridgehead atoms. The Hall–Kier alpha value is -2.04. The summed E-state index contributed by atoms with van der Waals surface area (Å²) in [5, 5.41) is 2.80. The van der Waals surface area contributed by atoms with Gasteiger partial charge in [0.2, 0.25) is 0 Å². The first-order valence-corrected chi connectivity index (χ1v) is 6.72. The molecule has 1 aromatic rings. The Kier molecular flexibility index (Phi) is 4.61.